The molecule has 0 N–H and O–H groups in total. The molecule has 0 saturated heterocycles. The molecule has 2 aromatic carbocycles. The summed E-state index contributed by atoms with van der Waals surface area (Å²) >= 11 is 1.25. The fourth-order valence-electron chi connectivity index (χ4n) is 4.40. The summed E-state index contributed by atoms with van der Waals surface area (Å²) in [6.45, 7) is 5.34. The van der Waals surface area contributed by atoms with Gasteiger partial charge in [-0.3, -0.25) is 9.36 Å². The summed E-state index contributed by atoms with van der Waals surface area (Å²) in [6, 6.07) is 16.7. The van der Waals surface area contributed by atoms with Crippen LogP contribution in [0.4, 0.5) is 5.69 Å². The van der Waals surface area contributed by atoms with E-state index in [1.54, 1.807) is 37.3 Å². The Hall–Kier alpha value is -4.96. The number of fused-ring (bicyclic) bond motifs is 1. The average Bonchev–Trinajstić information content (AvgIpc) is 3.60. The van der Waals surface area contributed by atoms with Crippen molar-refractivity contribution in [3.05, 3.63) is 127 Å². The Morgan fingerprint density at radius 3 is 2.46 bits per heavy atom. The van der Waals surface area contributed by atoms with Gasteiger partial charge in [-0.1, -0.05) is 48.3 Å². The fourth-order valence-corrected chi connectivity index (χ4v) is 5.45. The molecule has 3 heterocycles. The zero-order valence-corrected chi connectivity index (χ0v) is 23.5. The van der Waals surface area contributed by atoms with Gasteiger partial charge in [0.15, 0.2) is 4.80 Å². The number of esters is 2. The molecule has 1 aliphatic rings. The average molecular weight is 570 g/mol. The number of hydrogen-bond donors (Lipinski definition) is 0. The van der Waals surface area contributed by atoms with Crippen molar-refractivity contribution in [1.29, 1.82) is 0 Å². The molecule has 0 aliphatic carbocycles. The van der Waals surface area contributed by atoms with E-state index in [1.807, 2.05) is 49.3 Å². The number of carbonyl (C=O) groups excluding carboxylic acids is 2. The Kier molecular flexibility index (Phi) is 7.84. The Balaban J connectivity index is 1.57. The van der Waals surface area contributed by atoms with Gasteiger partial charge in [-0.05, 0) is 60.5 Å². The van der Waals surface area contributed by atoms with Gasteiger partial charge in [-0.25, -0.2) is 14.6 Å². The van der Waals surface area contributed by atoms with E-state index in [0.717, 1.165) is 11.3 Å². The maximum Gasteiger partial charge on any atom is 0.379 e. The predicted molar refractivity (Wildman–Crippen MR) is 156 cm³/mol. The molecule has 1 aliphatic heterocycles. The molecule has 5 rings (SSSR count). The van der Waals surface area contributed by atoms with Crippen LogP contribution in [0.3, 0.4) is 0 Å². The Labute approximate surface area is 239 Å². The molecular formula is C31H27N3O6S. The highest BCUT2D eigenvalue weighted by molar-refractivity contribution is 7.07. The van der Waals surface area contributed by atoms with Crippen LogP contribution < -0.4 is 24.5 Å². The Morgan fingerprint density at radius 1 is 1.10 bits per heavy atom. The number of aromatic nitrogens is 1. The summed E-state index contributed by atoms with van der Waals surface area (Å²) in [6.07, 6.45) is 4.67. The van der Waals surface area contributed by atoms with Gasteiger partial charge in [0, 0.05) is 19.8 Å². The highest BCUT2D eigenvalue weighted by Crippen LogP contribution is 2.32. The second-order valence-corrected chi connectivity index (χ2v) is 10.4. The van der Waals surface area contributed by atoms with Crippen molar-refractivity contribution >= 4 is 35.0 Å². The predicted octanol–water partition coefficient (Wildman–Crippen LogP) is 3.84. The molecule has 0 bridgehead atoms. The summed E-state index contributed by atoms with van der Waals surface area (Å²) in [5.74, 6) is -0.889. The lowest BCUT2D eigenvalue weighted by Crippen LogP contribution is -2.39. The Bertz CT molecular complexity index is 1810. The van der Waals surface area contributed by atoms with Crippen molar-refractivity contribution in [1.82, 2.24) is 4.57 Å². The van der Waals surface area contributed by atoms with Crippen LogP contribution in [0.2, 0.25) is 0 Å². The molecule has 4 aromatic rings. The lowest BCUT2D eigenvalue weighted by Gasteiger charge is -2.24. The molecule has 1 unspecified atom stereocenters. The molecule has 1 atom stereocenters. The van der Waals surface area contributed by atoms with Crippen molar-refractivity contribution in [2.45, 2.75) is 13.0 Å². The minimum Gasteiger partial charge on any atom is -0.458 e. The number of carbonyl (C=O) groups is 2. The summed E-state index contributed by atoms with van der Waals surface area (Å²) < 4.78 is 17.9. The largest absolute Gasteiger partial charge is 0.458 e. The third-order valence-corrected chi connectivity index (χ3v) is 7.39. The van der Waals surface area contributed by atoms with E-state index < -0.39 is 18.0 Å². The number of thiazole rings is 1. The third-order valence-electron chi connectivity index (χ3n) is 6.41. The standard InChI is InChI=1S/C31H27N3O6S/c1-5-16-39-30(37)26-19(2)32-31-34(28(35)25(41-31)18-20-8-12-22(13-9-20)33(3)4)27(26)21-10-14-23(15-11-21)40-29(36)24-7-6-17-38-24/h5-15,17-18,27H,1,16H2,2-4H3. The first kappa shape index (κ1) is 27.6. The van der Waals surface area contributed by atoms with Crippen LogP contribution in [0.5, 0.6) is 5.75 Å². The van der Waals surface area contributed by atoms with E-state index in [9.17, 15) is 14.4 Å². The number of nitrogens with zero attached hydrogens (tertiary/aromatic N) is 3. The van der Waals surface area contributed by atoms with Gasteiger partial charge >= 0.3 is 11.9 Å². The minimum absolute atomic E-state index is 0.0113. The number of rotatable bonds is 8. The zero-order chi connectivity index (χ0) is 29.1. The van der Waals surface area contributed by atoms with E-state index in [2.05, 4.69) is 11.6 Å². The number of furan rings is 1. The quantitative estimate of drug-likeness (QED) is 0.180. The van der Waals surface area contributed by atoms with Gasteiger partial charge in [-0.15, -0.1) is 0 Å². The monoisotopic (exact) mass is 569 g/mol. The van der Waals surface area contributed by atoms with Crippen molar-refractivity contribution in [3.8, 4) is 5.75 Å². The van der Waals surface area contributed by atoms with Gasteiger partial charge in [0.05, 0.1) is 28.1 Å². The van der Waals surface area contributed by atoms with Crippen LogP contribution in [-0.4, -0.2) is 37.2 Å². The molecule has 9 nitrogen and oxygen atoms in total. The number of anilines is 1. The molecule has 208 valence electrons. The minimum atomic E-state index is -0.809. The SMILES string of the molecule is C=CCOC(=O)C1=C(C)N=c2sc(=Cc3ccc(N(C)C)cc3)c(=O)n2C1c1ccc(OC(=O)c2ccco2)cc1. The highest BCUT2D eigenvalue weighted by Gasteiger charge is 2.33. The second kappa shape index (κ2) is 11.6. The van der Waals surface area contributed by atoms with Gasteiger partial charge in [0.2, 0.25) is 5.76 Å². The zero-order valence-electron chi connectivity index (χ0n) is 22.7. The maximum absolute atomic E-state index is 13.8. The molecule has 0 radical (unpaired) electrons. The number of hydrogen-bond acceptors (Lipinski definition) is 9. The van der Waals surface area contributed by atoms with Crippen LogP contribution in [0.1, 0.15) is 34.6 Å². The topological polar surface area (TPSA) is 103 Å². The van der Waals surface area contributed by atoms with Crippen molar-refractivity contribution in [3.63, 3.8) is 0 Å². The van der Waals surface area contributed by atoms with Crippen LogP contribution in [-0.2, 0) is 9.53 Å². The Morgan fingerprint density at radius 2 is 1.83 bits per heavy atom. The van der Waals surface area contributed by atoms with Crippen molar-refractivity contribution in [2.75, 3.05) is 25.6 Å². The van der Waals surface area contributed by atoms with Crippen molar-refractivity contribution < 1.29 is 23.5 Å². The third kappa shape index (κ3) is 5.68. The summed E-state index contributed by atoms with van der Waals surface area (Å²) in [4.78, 5) is 46.4. The number of ether oxygens (including phenoxy) is 2. The fraction of sp³-hybridized carbons (Fsp3) is 0.161. The van der Waals surface area contributed by atoms with Crippen LogP contribution in [0.15, 0.2) is 105 Å². The molecule has 0 amide bonds. The molecule has 10 heteroatoms. The van der Waals surface area contributed by atoms with Crippen LogP contribution in [0, 0.1) is 0 Å². The molecule has 0 fully saturated rings. The van der Waals surface area contributed by atoms with Crippen LogP contribution >= 0.6 is 11.3 Å². The molecular weight excluding hydrogens is 542 g/mol. The smallest absolute Gasteiger partial charge is 0.379 e. The van der Waals surface area contributed by atoms with E-state index in [0.29, 0.717) is 20.6 Å². The summed E-state index contributed by atoms with van der Waals surface area (Å²) in [5, 5.41) is 0. The van der Waals surface area contributed by atoms with Gasteiger partial charge < -0.3 is 18.8 Å². The maximum atomic E-state index is 13.8. The normalized spacial score (nSPS) is 14.7. The summed E-state index contributed by atoms with van der Waals surface area (Å²) in [7, 11) is 3.92. The van der Waals surface area contributed by atoms with Gasteiger partial charge in [0.1, 0.15) is 12.4 Å². The van der Waals surface area contributed by atoms with Gasteiger partial charge in [0.25, 0.3) is 5.56 Å². The first-order valence-corrected chi connectivity index (χ1v) is 13.5. The lowest BCUT2D eigenvalue weighted by molar-refractivity contribution is -0.138. The second-order valence-electron chi connectivity index (χ2n) is 9.39. The number of allylic oxidation sites excluding steroid dienone is 1. The molecule has 41 heavy (non-hydrogen) atoms. The lowest BCUT2D eigenvalue weighted by atomic mass is 9.96. The van der Waals surface area contributed by atoms with Gasteiger partial charge in [-0.2, -0.15) is 0 Å². The first-order valence-electron chi connectivity index (χ1n) is 12.7. The number of benzene rings is 2. The summed E-state index contributed by atoms with van der Waals surface area (Å²) in [5.41, 5.74) is 2.92. The molecule has 0 spiro atoms. The van der Waals surface area contributed by atoms with Crippen molar-refractivity contribution in [2.24, 2.45) is 4.99 Å². The van der Waals surface area contributed by atoms with E-state index in [1.165, 1.54) is 34.3 Å². The van der Waals surface area contributed by atoms with E-state index >= 15 is 0 Å². The molecule has 2 aromatic heterocycles. The van der Waals surface area contributed by atoms with Crippen LogP contribution in [0.25, 0.3) is 6.08 Å². The van der Waals surface area contributed by atoms with E-state index in [-0.39, 0.29) is 29.2 Å². The van der Waals surface area contributed by atoms with E-state index in [4.69, 9.17) is 13.9 Å². The highest BCUT2D eigenvalue weighted by atomic mass is 32.1. The first-order chi connectivity index (χ1) is 19.8. The molecule has 0 saturated carbocycles.